The molecule has 0 bridgehead atoms. The van der Waals surface area contributed by atoms with Gasteiger partial charge in [0.1, 0.15) is 0 Å². The summed E-state index contributed by atoms with van der Waals surface area (Å²) >= 11 is 0. The number of benzene rings is 1. The summed E-state index contributed by atoms with van der Waals surface area (Å²) in [6.45, 7) is 20.2. The topological polar surface area (TPSA) is 68.3 Å². The molecule has 0 radical (unpaired) electrons. The first-order chi connectivity index (χ1) is 23.7. The van der Waals surface area contributed by atoms with Crippen molar-refractivity contribution in [2.45, 2.75) is 150 Å². The normalized spacial score (nSPS) is 34.8. The Labute approximate surface area is 302 Å². The van der Waals surface area contributed by atoms with Gasteiger partial charge in [0.25, 0.3) is 0 Å². The Morgan fingerprint density at radius 3 is 2.08 bits per heavy atom. The predicted molar refractivity (Wildman–Crippen MR) is 209 cm³/mol. The third-order valence-corrected chi connectivity index (χ3v) is 14.7. The summed E-state index contributed by atoms with van der Waals surface area (Å²) < 4.78 is 0. The second-order valence-corrected chi connectivity index (χ2v) is 18.3. The average molecular weight is 679 g/mol. The highest BCUT2D eigenvalue weighted by Crippen LogP contribution is 2.68. The van der Waals surface area contributed by atoms with Crippen LogP contribution in [0.1, 0.15) is 136 Å². The highest BCUT2D eigenvalue weighted by Gasteiger charge is 2.62. The Hall–Kier alpha value is -0.980. The van der Waals surface area contributed by atoms with E-state index >= 15 is 0 Å². The molecule has 10 atom stereocenters. The molecule has 4 aliphatic rings. The molecule has 4 saturated carbocycles. The first-order valence-corrected chi connectivity index (χ1v) is 21.3. The van der Waals surface area contributed by atoms with Crippen molar-refractivity contribution in [3.05, 3.63) is 35.9 Å². The predicted octanol–water partition coefficient (Wildman–Crippen LogP) is 8.57. The molecule has 5 rings (SSSR count). The van der Waals surface area contributed by atoms with Crippen LogP contribution in [-0.2, 0) is 6.54 Å². The second kappa shape index (κ2) is 19.2. The summed E-state index contributed by atoms with van der Waals surface area (Å²) in [5, 5.41) is 26.6. The van der Waals surface area contributed by atoms with Gasteiger partial charge in [-0.05, 0) is 174 Å². The number of aliphatic hydroxyl groups is 1. The third-order valence-electron chi connectivity index (χ3n) is 14.7. The number of hydrogen-bond acceptors (Lipinski definition) is 5. The summed E-state index contributed by atoms with van der Waals surface area (Å²) in [5.74, 6) is 5.23. The van der Waals surface area contributed by atoms with E-state index in [4.69, 9.17) is 0 Å². The molecule has 1 aromatic rings. The van der Waals surface area contributed by atoms with Gasteiger partial charge in [0.15, 0.2) is 0 Å². The lowest BCUT2D eigenvalue weighted by atomic mass is 9.43. The second-order valence-electron chi connectivity index (χ2n) is 18.3. The molecule has 0 amide bonds. The smallest absolute Gasteiger partial charge is 0.0577 e. The molecule has 5 N–H and O–H groups in total. The van der Waals surface area contributed by atoms with Crippen LogP contribution in [0.4, 0.5) is 0 Å². The van der Waals surface area contributed by atoms with Crippen LogP contribution in [0, 0.1) is 52.3 Å². The van der Waals surface area contributed by atoms with Crippen LogP contribution >= 0.6 is 0 Å². The fourth-order valence-corrected chi connectivity index (χ4v) is 11.9. The molecule has 4 unspecified atom stereocenters. The molecular formula is C44H78N4O. The van der Waals surface area contributed by atoms with Gasteiger partial charge in [0, 0.05) is 12.6 Å². The summed E-state index contributed by atoms with van der Waals surface area (Å²) in [6.07, 6.45) is 19.5. The fraction of sp³-hybridized carbons (Fsp3) is 0.864. The molecule has 280 valence electrons. The first-order valence-electron chi connectivity index (χ1n) is 21.3. The Kier molecular flexibility index (Phi) is 15.4. The van der Waals surface area contributed by atoms with Gasteiger partial charge in [-0.3, -0.25) is 0 Å². The minimum Gasteiger partial charge on any atom is -0.393 e. The zero-order valence-corrected chi connectivity index (χ0v) is 32.6. The zero-order chi connectivity index (χ0) is 34.7. The van der Waals surface area contributed by atoms with Gasteiger partial charge in [-0.2, -0.15) is 0 Å². The standard InChI is InChI=1S/C44H78N4O/c1-33(2)14-11-15-34(3)38-18-19-39-42-40(21-23-44(38,39)5)43(4)22-20-37(30-36(43)31-41(42)49)48-29-13-27-46-25-10-9-24-45-26-12-28-47-32-35-16-7-6-8-17-35/h6-8,16-17,33-34,36-42,45-49H,9-15,18-32H2,1-5H3/t34-,36-,37-,38-,39?,40?,41?,42?,43+,44-/m1/s1. The molecule has 0 heterocycles. The largest absolute Gasteiger partial charge is 0.393 e. The lowest BCUT2D eigenvalue weighted by Crippen LogP contribution is -2.59. The van der Waals surface area contributed by atoms with E-state index in [0.717, 1.165) is 81.8 Å². The quantitative estimate of drug-likeness (QED) is 0.0844. The van der Waals surface area contributed by atoms with Crippen molar-refractivity contribution >= 4 is 0 Å². The summed E-state index contributed by atoms with van der Waals surface area (Å²) in [4.78, 5) is 0. The van der Waals surface area contributed by atoms with Crippen molar-refractivity contribution in [3.63, 3.8) is 0 Å². The Bertz CT molecular complexity index is 1070. The van der Waals surface area contributed by atoms with E-state index in [1.165, 1.54) is 95.5 Å². The molecule has 49 heavy (non-hydrogen) atoms. The lowest BCUT2D eigenvalue weighted by molar-refractivity contribution is -0.167. The van der Waals surface area contributed by atoms with Crippen molar-refractivity contribution in [2.75, 3.05) is 39.3 Å². The monoisotopic (exact) mass is 679 g/mol. The Morgan fingerprint density at radius 2 is 1.35 bits per heavy atom. The maximum Gasteiger partial charge on any atom is 0.0577 e. The van der Waals surface area contributed by atoms with Crippen LogP contribution < -0.4 is 21.3 Å². The Morgan fingerprint density at radius 1 is 0.694 bits per heavy atom. The molecule has 4 aliphatic carbocycles. The highest BCUT2D eigenvalue weighted by molar-refractivity contribution is 5.14. The van der Waals surface area contributed by atoms with Crippen LogP contribution in [-0.4, -0.2) is 56.5 Å². The van der Waals surface area contributed by atoms with E-state index in [1.54, 1.807) is 0 Å². The van der Waals surface area contributed by atoms with Gasteiger partial charge in [-0.15, -0.1) is 0 Å². The molecule has 0 aromatic heterocycles. The van der Waals surface area contributed by atoms with E-state index in [2.05, 4.69) is 86.2 Å². The summed E-state index contributed by atoms with van der Waals surface area (Å²) in [6, 6.07) is 11.3. The highest BCUT2D eigenvalue weighted by atomic mass is 16.3. The molecule has 5 nitrogen and oxygen atoms in total. The summed E-state index contributed by atoms with van der Waals surface area (Å²) in [5.41, 5.74) is 2.24. The fourth-order valence-electron chi connectivity index (χ4n) is 11.9. The lowest BCUT2D eigenvalue weighted by Gasteiger charge is -2.62. The van der Waals surface area contributed by atoms with Crippen LogP contribution in [0.2, 0.25) is 0 Å². The minimum atomic E-state index is -0.0808. The average Bonchev–Trinajstić information content (AvgIpc) is 3.44. The van der Waals surface area contributed by atoms with Gasteiger partial charge in [0.2, 0.25) is 0 Å². The van der Waals surface area contributed by atoms with Crippen molar-refractivity contribution in [1.82, 2.24) is 21.3 Å². The van der Waals surface area contributed by atoms with Crippen molar-refractivity contribution in [2.24, 2.45) is 52.3 Å². The Balaban J connectivity index is 0.921. The summed E-state index contributed by atoms with van der Waals surface area (Å²) in [7, 11) is 0. The van der Waals surface area contributed by atoms with Crippen molar-refractivity contribution < 1.29 is 5.11 Å². The molecular weight excluding hydrogens is 601 g/mol. The van der Waals surface area contributed by atoms with E-state index in [-0.39, 0.29) is 6.10 Å². The number of aliphatic hydroxyl groups excluding tert-OH is 1. The van der Waals surface area contributed by atoms with Crippen LogP contribution in [0.25, 0.3) is 0 Å². The third kappa shape index (κ3) is 10.3. The first kappa shape index (κ1) is 39.2. The van der Waals surface area contributed by atoms with Crippen LogP contribution in [0.5, 0.6) is 0 Å². The maximum atomic E-state index is 11.8. The SMILES string of the molecule is CC(C)CCC[C@@H](C)[C@H]1CCC2C3C(O)C[C@H]4C[C@H](NCCCNCCCCNCCCNCc5ccccc5)CC[C@]4(C)C3CC[C@@]21C. The number of rotatable bonds is 21. The van der Waals surface area contributed by atoms with Crippen molar-refractivity contribution in [1.29, 1.82) is 0 Å². The molecule has 1 aromatic carbocycles. The maximum absolute atomic E-state index is 11.8. The van der Waals surface area contributed by atoms with Gasteiger partial charge >= 0.3 is 0 Å². The number of fused-ring (bicyclic) bond motifs is 5. The zero-order valence-electron chi connectivity index (χ0n) is 32.6. The molecule has 4 fully saturated rings. The van der Waals surface area contributed by atoms with Crippen LogP contribution in [0.15, 0.2) is 30.3 Å². The number of hydrogen-bond donors (Lipinski definition) is 5. The van der Waals surface area contributed by atoms with Gasteiger partial charge in [-0.1, -0.05) is 84.2 Å². The van der Waals surface area contributed by atoms with Gasteiger partial charge in [-0.25, -0.2) is 0 Å². The molecule has 0 saturated heterocycles. The molecule has 0 spiro atoms. The number of nitrogens with one attached hydrogen (secondary N) is 4. The van der Waals surface area contributed by atoms with E-state index in [1.807, 2.05) is 0 Å². The van der Waals surface area contributed by atoms with Gasteiger partial charge < -0.3 is 26.4 Å². The van der Waals surface area contributed by atoms with Crippen molar-refractivity contribution in [3.8, 4) is 0 Å². The number of unbranched alkanes of at least 4 members (excludes halogenated alkanes) is 1. The molecule has 0 aliphatic heterocycles. The van der Waals surface area contributed by atoms with E-state index < -0.39 is 0 Å². The molecule has 5 heteroatoms. The van der Waals surface area contributed by atoms with E-state index in [0.29, 0.717) is 28.7 Å². The van der Waals surface area contributed by atoms with Crippen LogP contribution in [0.3, 0.4) is 0 Å². The van der Waals surface area contributed by atoms with Gasteiger partial charge in [0.05, 0.1) is 6.10 Å². The minimum absolute atomic E-state index is 0.0808. The van der Waals surface area contributed by atoms with E-state index in [9.17, 15) is 5.11 Å².